The maximum absolute atomic E-state index is 12.2. The fourth-order valence-electron chi connectivity index (χ4n) is 2.31. The molecule has 0 saturated heterocycles. The van der Waals surface area contributed by atoms with E-state index in [1.54, 1.807) is 6.20 Å². The molecule has 4 heteroatoms. The molecule has 0 bridgehead atoms. The number of pyridine rings is 1. The number of carbonyl (C=O) groups is 1. The molecule has 19 heavy (non-hydrogen) atoms. The lowest BCUT2D eigenvalue weighted by Gasteiger charge is -2.12. The molecular weight excluding hydrogens is 238 g/mol. The summed E-state index contributed by atoms with van der Waals surface area (Å²) in [4.78, 5) is 16.4. The van der Waals surface area contributed by atoms with Crippen LogP contribution in [-0.4, -0.2) is 24.0 Å². The van der Waals surface area contributed by atoms with Gasteiger partial charge in [0.2, 0.25) is 0 Å². The van der Waals surface area contributed by atoms with Gasteiger partial charge in [-0.1, -0.05) is 13.8 Å². The Morgan fingerprint density at radius 2 is 2.21 bits per heavy atom. The second kappa shape index (κ2) is 5.19. The van der Waals surface area contributed by atoms with Crippen molar-refractivity contribution in [3.8, 4) is 0 Å². The molecule has 1 aliphatic carbocycles. The van der Waals surface area contributed by atoms with Crippen molar-refractivity contribution in [3.63, 3.8) is 0 Å². The van der Waals surface area contributed by atoms with Crippen LogP contribution >= 0.6 is 0 Å². The van der Waals surface area contributed by atoms with E-state index in [2.05, 4.69) is 29.5 Å². The van der Waals surface area contributed by atoms with Gasteiger partial charge >= 0.3 is 0 Å². The third-order valence-electron chi connectivity index (χ3n) is 3.88. The van der Waals surface area contributed by atoms with Gasteiger partial charge < -0.3 is 10.6 Å². The first kappa shape index (κ1) is 13.8. The van der Waals surface area contributed by atoms with Gasteiger partial charge in [-0.25, -0.2) is 0 Å². The molecule has 104 valence electrons. The van der Waals surface area contributed by atoms with Crippen molar-refractivity contribution in [1.82, 2.24) is 10.3 Å². The summed E-state index contributed by atoms with van der Waals surface area (Å²) in [7, 11) is 0. The van der Waals surface area contributed by atoms with Gasteiger partial charge in [-0.3, -0.25) is 9.78 Å². The molecule has 0 radical (unpaired) electrons. The molecule has 2 rings (SSSR count). The minimum Gasteiger partial charge on any atom is -0.385 e. The van der Waals surface area contributed by atoms with E-state index in [-0.39, 0.29) is 5.91 Å². The van der Waals surface area contributed by atoms with Crippen molar-refractivity contribution in [1.29, 1.82) is 0 Å². The van der Waals surface area contributed by atoms with Crippen molar-refractivity contribution in [2.75, 3.05) is 18.4 Å². The molecular formula is C15H23N3O. The minimum absolute atomic E-state index is 0.0360. The maximum Gasteiger partial charge on any atom is 0.254 e. The predicted molar refractivity (Wildman–Crippen MR) is 77.4 cm³/mol. The van der Waals surface area contributed by atoms with Gasteiger partial charge in [-0.05, 0) is 37.7 Å². The number of amides is 1. The van der Waals surface area contributed by atoms with Gasteiger partial charge in [0.15, 0.2) is 0 Å². The fraction of sp³-hybridized carbons (Fsp3) is 0.600. The van der Waals surface area contributed by atoms with Crippen LogP contribution in [0.2, 0.25) is 0 Å². The summed E-state index contributed by atoms with van der Waals surface area (Å²) in [6, 6.07) is 1.92. The van der Waals surface area contributed by atoms with Crippen molar-refractivity contribution in [2.24, 2.45) is 11.3 Å². The third-order valence-corrected chi connectivity index (χ3v) is 3.88. The summed E-state index contributed by atoms with van der Waals surface area (Å²) >= 11 is 0. The summed E-state index contributed by atoms with van der Waals surface area (Å²) in [5.74, 6) is 0.573. The number of anilines is 1. The summed E-state index contributed by atoms with van der Waals surface area (Å²) in [6.07, 6.45) is 2.85. The molecule has 1 fully saturated rings. The second-order valence-electron chi connectivity index (χ2n) is 6.00. The normalized spacial score (nSPS) is 19.9. The first-order valence-corrected chi connectivity index (χ1v) is 6.92. The number of nitrogens with one attached hydrogen (secondary N) is 2. The Kier molecular flexibility index (Phi) is 3.78. The molecule has 1 amide bonds. The number of aryl methyl sites for hydroxylation is 1. The molecule has 0 aromatic carbocycles. The van der Waals surface area contributed by atoms with Gasteiger partial charge in [0.1, 0.15) is 0 Å². The SMILES string of the molecule is CCNc1cc(C)ncc1C(=O)NCC1CC1(C)C. The topological polar surface area (TPSA) is 54.0 Å². The van der Waals surface area contributed by atoms with Crippen molar-refractivity contribution < 1.29 is 4.79 Å². The second-order valence-corrected chi connectivity index (χ2v) is 6.00. The number of rotatable bonds is 5. The monoisotopic (exact) mass is 261 g/mol. The van der Waals surface area contributed by atoms with Crippen LogP contribution in [0.15, 0.2) is 12.3 Å². The van der Waals surface area contributed by atoms with E-state index in [4.69, 9.17) is 0 Å². The highest BCUT2D eigenvalue weighted by Crippen LogP contribution is 2.50. The molecule has 0 spiro atoms. The first-order chi connectivity index (χ1) is 8.94. The van der Waals surface area contributed by atoms with Crippen molar-refractivity contribution in [2.45, 2.75) is 34.1 Å². The van der Waals surface area contributed by atoms with Crippen LogP contribution in [-0.2, 0) is 0 Å². The average Bonchev–Trinajstić information content (AvgIpc) is 2.95. The van der Waals surface area contributed by atoms with E-state index in [0.717, 1.165) is 24.5 Å². The molecule has 1 heterocycles. The van der Waals surface area contributed by atoms with E-state index in [1.165, 1.54) is 6.42 Å². The molecule has 1 aliphatic rings. The van der Waals surface area contributed by atoms with Gasteiger partial charge in [-0.15, -0.1) is 0 Å². The molecule has 1 saturated carbocycles. The number of aromatic nitrogens is 1. The summed E-state index contributed by atoms with van der Waals surface area (Å²) in [5, 5.41) is 6.23. The van der Waals surface area contributed by atoms with Gasteiger partial charge in [0, 0.05) is 25.0 Å². The lowest BCUT2D eigenvalue weighted by Crippen LogP contribution is -2.27. The number of hydrogen-bond donors (Lipinski definition) is 2. The Balaban J connectivity index is 2.02. The largest absolute Gasteiger partial charge is 0.385 e. The van der Waals surface area contributed by atoms with E-state index in [9.17, 15) is 4.79 Å². The van der Waals surface area contributed by atoms with Gasteiger partial charge in [0.05, 0.1) is 11.3 Å². The Morgan fingerprint density at radius 3 is 2.79 bits per heavy atom. The minimum atomic E-state index is -0.0360. The highest BCUT2D eigenvalue weighted by Gasteiger charge is 2.45. The van der Waals surface area contributed by atoms with E-state index >= 15 is 0 Å². The standard InChI is InChI=1S/C15H23N3O/c1-5-16-13-6-10(2)17-9-12(13)14(19)18-8-11-7-15(11,3)4/h6,9,11H,5,7-8H2,1-4H3,(H,16,17)(H,18,19). The summed E-state index contributed by atoms with van der Waals surface area (Å²) < 4.78 is 0. The predicted octanol–water partition coefficient (Wildman–Crippen LogP) is 2.60. The summed E-state index contributed by atoms with van der Waals surface area (Å²) in [5.41, 5.74) is 2.80. The Labute approximate surface area is 115 Å². The van der Waals surface area contributed by atoms with Crippen molar-refractivity contribution >= 4 is 11.6 Å². The average molecular weight is 261 g/mol. The zero-order valence-corrected chi connectivity index (χ0v) is 12.2. The van der Waals surface area contributed by atoms with Crippen LogP contribution in [0, 0.1) is 18.3 Å². The van der Waals surface area contributed by atoms with Crippen LogP contribution in [0.3, 0.4) is 0 Å². The van der Waals surface area contributed by atoms with Crippen LogP contribution in [0.4, 0.5) is 5.69 Å². The lowest BCUT2D eigenvalue weighted by atomic mass is 10.1. The van der Waals surface area contributed by atoms with E-state index in [0.29, 0.717) is 16.9 Å². The smallest absolute Gasteiger partial charge is 0.254 e. The van der Waals surface area contributed by atoms with Crippen LogP contribution in [0.5, 0.6) is 0 Å². The third kappa shape index (κ3) is 3.25. The van der Waals surface area contributed by atoms with E-state index in [1.807, 2.05) is 19.9 Å². The molecule has 1 aromatic rings. The maximum atomic E-state index is 12.2. The zero-order chi connectivity index (χ0) is 14.0. The molecule has 1 unspecified atom stereocenters. The fourth-order valence-corrected chi connectivity index (χ4v) is 2.31. The molecule has 4 nitrogen and oxygen atoms in total. The van der Waals surface area contributed by atoms with Gasteiger partial charge in [-0.2, -0.15) is 0 Å². The zero-order valence-electron chi connectivity index (χ0n) is 12.2. The highest BCUT2D eigenvalue weighted by molar-refractivity contribution is 5.99. The molecule has 1 aromatic heterocycles. The van der Waals surface area contributed by atoms with Crippen LogP contribution in [0.1, 0.15) is 43.2 Å². The Hall–Kier alpha value is -1.58. The van der Waals surface area contributed by atoms with Crippen LogP contribution in [0.25, 0.3) is 0 Å². The van der Waals surface area contributed by atoms with E-state index < -0.39 is 0 Å². The number of carbonyl (C=O) groups excluding carboxylic acids is 1. The Morgan fingerprint density at radius 1 is 1.53 bits per heavy atom. The highest BCUT2D eigenvalue weighted by atomic mass is 16.1. The lowest BCUT2D eigenvalue weighted by molar-refractivity contribution is 0.0951. The summed E-state index contributed by atoms with van der Waals surface area (Å²) in [6.45, 7) is 9.96. The molecule has 0 aliphatic heterocycles. The van der Waals surface area contributed by atoms with Crippen molar-refractivity contribution in [3.05, 3.63) is 23.5 Å². The molecule has 2 N–H and O–H groups in total. The first-order valence-electron chi connectivity index (χ1n) is 6.92. The number of hydrogen-bond acceptors (Lipinski definition) is 3. The molecule has 1 atom stereocenters. The van der Waals surface area contributed by atoms with Gasteiger partial charge in [0.25, 0.3) is 5.91 Å². The quantitative estimate of drug-likeness (QED) is 0.856. The van der Waals surface area contributed by atoms with Crippen LogP contribution < -0.4 is 10.6 Å². The number of nitrogens with zero attached hydrogens (tertiary/aromatic N) is 1. The Bertz CT molecular complexity index is 482.